The first-order valence-electron chi connectivity index (χ1n) is 7.17. The van der Waals surface area contributed by atoms with E-state index in [1.54, 1.807) is 10.9 Å². The molecule has 0 aromatic carbocycles. The third-order valence-electron chi connectivity index (χ3n) is 4.00. The molecule has 0 radical (unpaired) electrons. The van der Waals surface area contributed by atoms with E-state index in [2.05, 4.69) is 15.0 Å². The molecule has 0 bridgehead atoms. The van der Waals surface area contributed by atoms with Crippen molar-refractivity contribution in [2.24, 2.45) is 0 Å². The van der Waals surface area contributed by atoms with E-state index in [0.29, 0.717) is 11.2 Å². The van der Waals surface area contributed by atoms with Crippen LogP contribution in [0.3, 0.4) is 0 Å². The maximum Gasteiger partial charge on any atom is 0.226 e. The zero-order chi connectivity index (χ0) is 16.4. The summed E-state index contributed by atoms with van der Waals surface area (Å²) in [7, 11) is 0. The molecule has 124 valence electrons. The normalized spacial score (nSPS) is 32.5. The van der Waals surface area contributed by atoms with Crippen LogP contribution < -0.4 is 5.73 Å². The van der Waals surface area contributed by atoms with Gasteiger partial charge in [-0.05, 0) is 25.4 Å². The number of hydrogen-bond donors (Lipinski definition) is 2. The lowest BCUT2D eigenvalue weighted by atomic mass is 10.1. The maximum atomic E-state index is 9.55. The number of nitrogens with two attached hydrogens (primary N) is 1. The Hall–Kier alpha value is -1.52. The van der Waals surface area contributed by atoms with Crippen LogP contribution in [0.1, 0.15) is 20.1 Å². The van der Waals surface area contributed by atoms with Gasteiger partial charge < -0.3 is 25.1 Å². The van der Waals surface area contributed by atoms with E-state index in [9.17, 15) is 5.11 Å². The van der Waals surface area contributed by atoms with Crippen LogP contribution in [0, 0.1) is 0 Å². The van der Waals surface area contributed by atoms with Crippen molar-refractivity contribution in [2.45, 2.75) is 44.2 Å². The van der Waals surface area contributed by atoms with Crippen molar-refractivity contribution in [3.63, 3.8) is 0 Å². The Morgan fingerprint density at radius 3 is 2.83 bits per heavy atom. The fraction of sp³-hybridized carbons (Fsp3) is 0.615. The first kappa shape index (κ1) is 15.0. The van der Waals surface area contributed by atoms with E-state index in [0.717, 1.165) is 0 Å². The summed E-state index contributed by atoms with van der Waals surface area (Å²) in [6, 6.07) is 0. The van der Waals surface area contributed by atoms with E-state index >= 15 is 0 Å². The number of rotatable bonds is 2. The van der Waals surface area contributed by atoms with Crippen molar-refractivity contribution < 1.29 is 19.3 Å². The molecule has 4 rings (SSSR count). The Morgan fingerprint density at radius 2 is 2.09 bits per heavy atom. The average molecular weight is 342 g/mol. The molecular weight excluding hydrogens is 326 g/mol. The maximum absolute atomic E-state index is 9.55. The zero-order valence-corrected chi connectivity index (χ0v) is 13.3. The molecular formula is C13H16ClN5O4. The van der Waals surface area contributed by atoms with Gasteiger partial charge in [0.15, 0.2) is 23.5 Å². The molecule has 3 N–H and O–H groups in total. The lowest BCUT2D eigenvalue weighted by Gasteiger charge is -2.24. The molecule has 9 nitrogen and oxygen atoms in total. The molecule has 1 unspecified atom stereocenters. The lowest BCUT2D eigenvalue weighted by molar-refractivity contribution is -0.199. The number of aliphatic hydroxyl groups is 1. The van der Waals surface area contributed by atoms with E-state index in [-0.39, 0.29) is 23.8 Å². The molecule has 4 heterocycles. The first-order chi connectivity index (χ1) is 10.9. The molecule has 2 aromatic rings. The number of ether oxygens (including phenoxy) is 3. The number of imidazole rings is 1. The summed E-state index contributed by atoms with van der Waals surface area (Å²) in [6.45, 7) is 3.46. The molecule has 2 aromatic heterocycles. The molecule has 2 fully saturated rings. The van der Waals surface area contributed by atoms with E-state index in [1.807, 2.05) is 13.8 Å². The molecule has 0 aliphatic carbocycles. The summed E-state index contributed by atoms with van der Waals surface area (Å²) >= 11 is 5.89. The second-order valence-electron chi connectivity index (χ2n) is 6.01. The molecule has 4 atom stereocenters. The van der Waals surface area contributed by atoms with Crippen LogP contribution in [0.4, 0.5) is 5.82 Å². The van der Waals surface area contributed by atoms with E-state index in [1.165, 1.54) is 0 Å². The largest absolute Gasteiger partial charge is 0.394 e. The highest BCUT2D eigenvalue weighted by Crippen LogP contribution is 2.43. The van der Waals surface area contributed by atoms with Gasteiger partial charge in [0, 0.05) is 0 Å². The van der Waals surface area contributed by atoms with Gasteiger partial charge in [0.25, 0.3) is 0 Å². The van der Waals surface area contributed by atoms with Crippen molar-refractivity contribution in [3.8, 4) is 0 Å². The Morgan fingerprint density at radius 1 is 1.35 bits per heavy atom. The Kier molecular flexibility index (Phi) is 3.26. The Labute approximate surface area is 136 Å². The summed E-state index contributed by atoms with van der Waals surface area (Å²) in [4.78, 5) is 12.3. The highest BCUT2D eigenvalue weighted by Gasteiger charge is 2.55. The topological polar surface area (TPSA) is 118 Å². The lowest BCUT2D eigenvalue weighted by Crippen LogP contribution is -2.31. The van der Waals surface area contributed by atoms with Crippen LogP contribution in [-0.2, 0) is 14.2 Å². The van der Waals surface area contributed by atoms with Gasteiger partial charge in [0.05, 0.1) is 12.9 Å². The second kappa shape index (κ2) is 4.99. The van der Waals surface area contributed by atoms with Gasteiger partial charge in [-0.2, -0.15) is 9.97 Å². The monoisotopic (exact) mass is 341 g/mol. The number of nitrogens with zero attached hydrogens (tertiary/aromatic N) is 4. The molecule has 2 aliphatic heterocycles. The van der Waals surface area contributed by atoms with Gasteiger partial charge in [0.1, 0.15) is 23.8 Å². The summed E-state index contributed by atoms with van der Waals surface area (Å²) in [6.07, 6.45) is -0.308. The van der Waals surface area contributed by atoms with Gasteiger partial charge in [-0.3, -0.25) is 4.57 Å². The number of halogens is 1. The number of anilines is 1. The zero-order valence-electron chi connectivity index (χ0n) is 12.5. The minimum atomic E-state index is -0.757. The quantitative estimate of drug-likeness (QED) is 0.757. The van der Waals surface area contributed by atoms with Crippen molar-refractivity contribution in [1.29, 1.82) is 0 Å². The van der Waals surface area contributed by atoms with Crippen LogP contribution in [-0.4, -0.2) is 55.3 Å². The molecule has 0 amide bonds. The molecule has 0 spiro atoms. The van der Waals surface area contributed by atoms with Gasteiger partial charge in [-0.25, -0.2) is 4.98 Å². The van der Waals surface area contributed by atoms with Crippen molar-refractivity contribution in [3.05, 3.63) is 11.6 Å². The van der Waals surface area contributed by atoms with Gasteiger partial charge in [0.2, 0.25) is 5.28 Å². The Bertz CT molecular complexity index is 766. The number of nitrogen functional groups attached to an aromatic ring is 1. The standard InChI is InChI=1S/C13H16ClN5O4/c1-13(2)22-7-5(3-20)21-11(8(7)23-13)19-4-16-6-9(15)17-12(14)18-10(6)19/h4-5,7-8,11,20H,3H2,1-2H3,(H2,15,17,18)/t5-,7+,8?,11-/m1/s1. The Balaban J connectivity index is 1.79. The highest BCUT2D eigenvalue weighted by atomic mass is 35.5. The van der Waals surface area contributed by atoms with Crippen molar-refractivity contribution >= 4 is 28.6 Å². The smallest absolute Gasteiger partial charge is 0.226 e. The van der Waals surface area contributed by atoms with Gasteiger partial charge in [-0.1, -0.05) is 0 Å². The molecule has 2 saturated heterocycles. The van der Waals surface area contributed by atoms with Crippen LogP contribution in [0.2, 0.25) is 5.28 Å². The van der Waals surface area contributed by atoms with Crippen molar-refractivity contribution in [2.75, 3.05) is 12.3 Å². The van der Waals surface area contributed by atoms with E-state index in [4.69, 9.17) is 31.5 Å². The number of aliphatic hydroxyl groups excluding tert-OH is 1. The van der Waals surface area contributed by atoms with E-state index < -0.39 is 24.2 Å². The molecule has 2 aliphatic rings. The predicted octanol–water partition coefficient (Wildman–Crippen LogP) is 0.472. The summed E-state index contributed by atoms with van der Waals surface area (Å²) in [5.74, 6) is -0.566. The minimum Gasteiger partial charge on any atom is -0.394 e. The highest BCUT2D eigenvalue weighted by molar-refractivity contribution is 6.28. The van der Waals surface area contributed by atoms with Crippen LogP contribution in [0.25, 0.3) is 11.2 Å². The summed E-state index contributed by atoms with van der Waals surface area (Å²) in [5.41, 5.74) is 6.70. The molecule has 10 heteroatoms. The number of aromatic nitrogens is 4. The molecule has 23 heavy (non-hydrogen) atoms. The summed E-state index contributed by atoms with van der Waals surface area (Å²) < 4.78 is 19.3. The minimum absolute atomic E-state index is 0.0222. The predicted molar refractivity (Wildman–Crippen MR) is 79.6 cm³/mol. The van der Waals surface area contributed by atoms with Gasteiger partial charge in [-0.15, -0.1) is 0 Å². The van der Waals surface area contributed by atoms with Crippen molar-refractivity contribution in [1.82, 2.24) is 19.5 Å². The third-order valence-corrected chi connectivity index (χ3v) is 4.17. The third kappa shape index (κ3) is 2.27. The fourth-order valence-electron chi connectivity index (χ4n) is 3.13. The van der Waals surface area contributed by atoms with Crippen LogP contribution >= 0.6 is 11.6 Å². The second-order valence-corrected chi connectivity index (χ2v) is 6.35. The first-order valence-corrected chi connectivity index (χ1v) is 7.55. The fourth-order valence-corrected chi connectivity index (χ4v) is 3.30. The SMILES string of the molecule is CC1(C)OC2[C@@H](O1)[C@@H](CO)O[C@H]2n1cnc2c(N)nc(Cl)nc21. The molecule has 0 saturated carbocycles. The van der Waals surface area contributed by atoms with Gasteiger partial charge >= 0.3 is 0 Å². The number of fused-ring (bicyclic) bond motifs is 2. The van der Waals surface area contributed by atoms with Crippen LogP contribution in [0.15, 0.2) is 6.33 Å². The average Bonchev–Trinajstić information content (AvgIpc) is 3.09. The number of hydrogen-bond acceptors (Lipinski definition) is 8. The summed E-state index contributed by atoms with van der Waals surface area (Å²) in [5, 5.41) is 9.57. The van der Waals surface area contributed by atoms with Crippen LogP contribution in [0.5, 0.6) is 0 Å².